The molecule has 6 nitrogen and oxygen atoms in total. The number of aromatic nitrogens is 2. The Hall–Kier alpha value is -2.15. The van der Waals surface area contributed by atoms with Gasteiger partial charge in [-0.15, -0.1) is 0 Å². The zero-order chi connectivity index (χ0) is 13.2. The third kappa shape index (κ3) is 2.57. The van der Waals surface area contributed by atoms with Crippen LogP contribution in [-0.2, 0) is 10.0 Å². The minimum Gasteiger partial charge on any atom is -0.383 e. The highest BCUT2D eigenvalue weighted by Crippen LogP contribution is 2.19. The highest BCUT2D eigenvalue weighted by Gasteiger charge is 2.17. The van der Waals surface area contributed by atoms with E-state index in [1.807, 2.05) is 0 Å². The number of rotatable bonds is 3. The maximum atomic E-state index is 12.1. The van der Waals surface area contributed by atoms with Crippen LogP contribution < -0.4 is 10.5 Å². The molecule has 3 N–H and O–H groups in total. The molecule has 0 amide bonds. The smallest absolute Gasteiger partial charge is 0.265 e. The molecule has 0 aliphatic heterocycles. The second-order valence-electron chi connectivity index (χ2n) is 3.68. The lowest BCUT2D eigenvalue weighted by Gasteiger charge is -2.09. The minimum absolute atomic E-state index is 0.0317. The van der Waals surface area contributed by atoms with Crippen molar-refractivity contribution in [2.45, 2.75) is 11.8 Å². The van der Waals surface area contributed by atoms with Gasteiger partial charge in [-0.3, -0.25) is 9.71 Å². The van der Waals surface area contributed by atoms with E-state index in [0.29, 0.717) is 11.4 Å². The fourth-order valence-corrected chi connectivity index (χ4v) is 2.58. The first-order valence-corrected chi connectivity index (χ1v) is 6.63. The van der Waals surface area contributed by atoms with Crippen LogP contribution in [0.25, 0.3) is 0 Å². The van der Waals surface area contributed by atoms with Crippen LogP contribution in [0.3, 0.4) is 0 Å². The first kappa shape index (κ1) is 12.3. The summed E-state index contributed by atoms with van der Waals surface area (Å²) in [4.78, 5) is 7.70. The van der Waals surface area contributed by atoms with Gasteiger partial charge in [0.05, 0.1) is 5.69 Å². The molecule has 0 bridgehead atoms. The molecule has 2 rings (SSSR count). The number of pyridine rings is 2. The third-order valence-electron chi connectivity index (χ3n) is 2.24. The first-order valence-electron chi connectivity index (χ1n) is 5.15. The Kier molecular flexibility index (Phi) is 3.15. The van der Waals surface area contributed by atoms with E-state index in [9.17, 15) is 8.42 Å². The second kappa shape index (κ2) is 4.61. The molecule has 0 spiro atoms. The molecule has 18 heavy (non-hydrogen) atoms. The molecule has 2 heterocycles. The molecule has 0 fully saturated rings. The summed E-state index contributed by atoms with van der Waals surface area (Å²) in [6.45, 7) is 1.77. The zero-order valence-electron chi connectivity index (χ0n) is 9.66. The molecule has 2 aromatic rings. The van der Waals surface area contributed by atoms with Gasteiger partial charge in [-0.25, -0.2) is 13.4 Å². The number of nitrogens with one attached hydrogen (secondary N) is 1. The first-order chi connectivity index (χ1) is 8.49. The fraction of sp³-hybridized carbons (Fsp3) is 0.0909. The molecule has 2 aromatic heterocycles. The van der Waals surface area contributed by atoms with Crippen LogP contribution in [0.2, 0.25) is 0 Å². The maximum Gasteiger partial charge on any atom is 0.265 e. The van der Waals surface area contributed by atoms with Gasteiger partial charge in [-0.05, 0) is 31.2 Å². The molecule has 0 saturated carbocycles. The van der Waals surface area contributed by atoms with E-state index in [0.717, 1.165) is 0 Å². The summed E-state index contributed by atoms with van der Waals surface area (Å²) in [6, 6.07) is 6.11. The fourth-order valence-electron chi connectivity index (χ4n) is 1.45. The summed E-state index contributed by atoms with van der Waals surface area (Å²) in [6.07, 6.45) is 2.96. The Bertz CT molecular complexity index is 670. The second-order valence-corrected chi connectivity index (χ2v) is 5.33. The van der Waals surface area contributed by atoms with E-state index in [-0.39, 0.29) is 10.7 Å². The van der Waals surface area contributed by atoms with E-state index < -0.39 is 10.0 Å². The lowest BCUT2D eigenvalue weighted by Crippen LogP contribution is -2.15. The number of nitrogen functional groups attached to an aromatic ring is 1. The van der Waals surface area contributed by atoms with Gasteiger partial charge < -0.3 is 5.73 Å². The Morgan fingerprint density at radius 2 is 2.00 bits per heavy atom. The van der Waals surface area contributed by atoms with Crippen LogP contribution in [0, 0.1) is 6.92 Å². The molecule has 0 aromatic carbocycles. The number of hydrogen-bond donors (Lipinski definition) is 2. The van der Waals surface area contributed by atoms with Crippen molar-refractivity contribution < 1.29 is 8.42 Å². The Labute approximate surface area is 105 Å². The van der Waals surface area contributed by atoms with Crippen LogP contribution in [0.5, 0.6) is 0 Å². The van der Waals surface area contributed by atoms with Crippen molar-refractivity contribution >= 4 is 21.5 Å². The van der Waals surface area contributed by atoms with Crippen molar-refractivity contribution in [3.05, 3.63) is 42.4 Å². The summed E-state index contributed by atoms with van der Waals surface area (Å²) in [5.41, 5.74) is 6.70. The SMILES string of the molecule is Cc1cc(NS(=O)(=O)c2cccnc2N)ccn1. The largest absolute Gasteiger partial charge is 0.383 e. The van der Waals surface area contributed by atoms with Crippen LogP contribution >= 0.6 is 0 Å². The van der Waals surface area contributed by atoms with Gasteiger partial charge in [0.15, 0.2) is 0 Å². The number of hydrogen-bond acceptors (Lipinski definition) is 5. The van der Waals surface area contributed by atoms with Gasteiger partial charge in [0.2, 0.25) is 0 Å². The highest BCUT2D eigenvalue weighted by atomic mass is 32.2. The van der Waals surface area contributed by atoms with Gasteiger partial charge in [-0.1, -0.05) is 0 Å². The molecule has 0 unspecified atom stereocenters. The average molecular weight is 264 g/mol. The zero-order valence-corrected chi connectivity index (χ0v) is 10.5. The normalized spacial score (nSPS) is 11.2. The predicted molar refractivity (Wildman–Crippen MR) is 68.4 cm³/mol. The van der Waals surface area contributed by atoms with Crippen molar-refractivity contribution in [2.24, 2.45) is 0 Å². The predicted octanol–water partition coefficient (Wildman–Crippen LogP) is 1.17. The lowest BCUT2D eigenvalue weighted by molar-refractivity contribution is 0.601. The molecule has 0 atom stereocenters. The quantitative estimate of drug-likeness (QED) is 0.867. The number of sulfonamides is 1. The average Bonchev–Trinajstić information content (AvgIpc) is 2.28. The number of nitrogens with zero attached hydrogens (tertiary/aromatic N) is 2. The van der Waals surface area contributed by atoms with Gasteiger partial charge in [0, 0.05) is 18.1 Å². The van der Waals surface area contributed by atoms with Crippen molar-refractivity contribution in [1.82, 2.24) is 9.97 Å². The number of aryl methyl sites for hydroxylation is 1. The van der Waals surface area contributed by atoms with Gasteiger partial charge >= 0.3 is 0 Å². The highest BCUT2D eigenvalue weighted by molar-refractivity contribution is 7.92. The molecule has 0 aliphatic rings. The summed E-state index contributed by atoms with van der Waals surface area (Å²) in [5, 5.41) is 0. The Balaban J connectivity index is 2.37. The minimum atomic E-state index is -3.73. The molecular weight excluding hydrogens is 252 g/mol. The molecule has 94 valence electrons. The maximum absolute atomic E-state index is 12.1. The van der Waals surface area contributed by atoms with Crippen molar-refractivity contribution in [3.63, 3.8) is 0 Å². The van der Waals surface area contributed by atoms with Gasteiger partial charge in [-0.2, -0.15) is 0 Å². The van der Waals surface area contributed by atoms with Crippen molar-refractivity contribution in [1.29, 1.82) is 0 Å². The molecule has 7 heteroatoms. The van der Waals surface area contributed by atoms with Crippen molar-refractivity contribution in [2.75, 3.05) is 10.5 Å². The summed E-state index contributed by atoms with van der Waals surface area (Å²) in [7, 11) is -3.73. The lowest BCUT2D eigenvalue weighted by atomic mass is 10.3. The monoisotopic (exact) mass is 264 g/mol. The van der Waals surface area contributed by atoms with E-state index >= 15 is 0 Å². The number of anilines is 2. The van der Waals surface area contributed by atoms with Crippen LogP contribution in [-0.4, -0.2) is 18.4 Å². The molecule has 0 aliphatic carbocycles. The van der Waals surface area contributed by atoms with Crippen LogP contribution in [0.1, 0.15) is 5.69 Å². The van der Waals surface area contributed by atoms with E-state index in [1.165, 1.54) is 24.5 Å². The van der Waals surface area contributed by atoms with E-state index in [1.54, 1.807) is 19.1 Å². The van der Waals surface area contributed by atoms with Gasteiger partial charge in [0.1, 0.15) is 10.7 Å². The topological polar surface area (TPSA) is 98.0 Å². The molecular formula is C11H12N4O2S. The van der Waals surface area contributed by atoms with Crippen LogP contribution in [0.4, 0.5) is 11.5 Å². The van der Waals surface area contributed by atoms with Gasteiger partial charge in [0.25, 0.3) is 10.0 Å². The summed E-state index contributed by atoms with van der Waals surface area (Å²) >= 11 is 0. The van der Waals surface area contributed by atoms with Crippen molar-refractivity contribution in [3.8, 4) is 0 Å². The Morgan fingerprint density at radius 1 is 1.22 bits per heavy atom. The van der Waals surface area contributed by atoms with Crippen LogP contribution in [0.15, 0.2) is 41.6 Å². The van der Waals surface area contributed by atoms with E-state index in [4.69, 9.17) is 5.73 Å². The molecule has 0 saturated heterocycles. The summed E-state index contributed by atoms with van der Waals surface area (Å²) in [5.74, 6) is -0.0317. The third-order valence-corrected chi connectivity index (χ3v) is 3.67. The Morgan fingerprint density at radius 3 is 2.67 bits per heavy atom. The van der Waals surface area contributed by atoms with E-state index in [2.05, 4.69) is 14.7 Å². The number of nitrogens with two attached hydrogens (primary N) is 1. The molecule has 0 radical (unpaired) electrons. The summed E-state index contributed by atoms with van der Waals surface area (Å²) < 4.78 is 26.6. The standard InChI is InChI=1S/C11H12N4O2S/c1-8-7-9(4-6-13-8)15-18(16,17)10-3-2-5-14-11(10)12/h2-7H,1H3,(H2,12,14)(H,13,15).